The summed E-state index contributed by atoms with van der Waals surface area (Å²) in [4.78, 5) is 15.8. The van der Waals surface area contributed by atoms with E-state index >= 15 is 0 Å². The van der Waals surface area contributed by atoms with Crippen LogP contribution < -0.4 is 15.4 Å². The second-order valence-corrected chi connectivity index (χ2v) is 5.11. The molecule has 1 aromatic carbocycles. The number of benzene rings is 1. The average Bonchev–Trinajstić information content (AvgIpc) is 2.93. The third-order valence-electron chi connectivity index (χ3n) is 2.81. The second kappa shape index (κ2) is 5.34. The number of rotatable bonds is 4. The Morgan fingerprint density at radius 3 is 3.30 bits per heavy atom. The maximum absolute atomic E-state index is 11.3. The topological polar surface area (TPSA) is 63.2 Å². The van der Waals surface area contributed by atoms with Crippen molar-refractivity contribution in [2.24, 2.45) is 0 Å². The van der Waals surface area contributed by atoms with Crippen LogP contribution in [0.1, 0.15) is 0 Å². The fraction of sp³-hybridized carbons (Fsp3) is 0.143. The van der Waals surface area contributed by atoms with Gasteiger partial charge in [0.05, 0.1) is 11.4 Å². The lowest BCUT2D eigenvalue weighted by Crippen LogP contribution is -2.25. The van der Waals surface area contributed by atoms with E-state index in [2.05, 4.69) is 22.2 Å². The van der Waals surface area contributed by atoms with Gasteiger partial charge in [-0.05, 0) is 18.2 Å². The van der Waals surface area contributed by atoms with Crippen LogP contribution >= 0.6 is 11.3 Å². The Hall–Kier alpha value is -2.34. The minimum atomic E-state index is -0.138. The first-order chi connectivity index (χ1) is 9.76. The van der Waals surface area contributed by atoms with E-state index < -0.39 is 0 Å². The molecule has 0 atom stereocenters. The molecular weight excluding hydrogens is 274 g/mol. The molecule has 0 fully saturated rings. The van der Waals surface area contributed by atoms with Crippen LogP contribution in [0.5, 0.6) is 5.75 Å². The van der Waals surface area contributed by atoms with Crippen molar-refractivity contribution in [3.8, 4) is 17.0 Å². The lowest BCUT2D eigenvalue weighted by Gasteiger charge is -2.18. The number of hydrogen-bond acceptors (Lipinski definition) is 5. The van der Waals surface area contributed by atoms with Crippen LogP contribution in [0.4, 0.5) is 10.8 Å². The third-order valence-corrected chi connectivity index (χ3v) is 3.61. The van der Waals surface area contributed by atoms with E-state index in [0.29, 0.717) is 18.0 Å². The zero-order valence-electron chi connectivity index (χ0n) is 10.7. The predicted molar refractivity (Wildman–Crippen MR) is 80.4 cm³/mol. The Kier molecular flexibility index (Phi) is 3.39. The lowest BCUT2D eigenvalue weighted by atomic mass is 10.1. The van der Waals surface area contributed by atoms with Gasteiger partial charge in [-0.1, -0.05) is 6.08 Å². The van der Waals surface area contributed by atoms with Crippen LogP contribution in [0.25, 0.3) is 11.3 Å². The van der Waals surface area contributed by atoms with E-state index in [1.165, 1.54) is 11.3 Å². The molecule has 0 unspecified atom stereocenters. The smallest absolute Gasteiger partial charge is 0.262 e. The summed E-state index contributed by atoms with van der Waals surface area (Å²) in [5, 5.41) is 8.76. The van der Waals surface area contributed by atoms with E-state index in [-0.39, 0.29) is 12.5 Å². The maximum atomic E-state index is 11.3. The highest BCUT2D eigenvalue weighted by Crippen LogP contribution is 2.33. The zero-order chi connectivity index (χ0) is 13.9. The molecule has 0 saturated heterocycles. The summed E-state index contributed by atoms with van der Waals surface area (Å²) in [6.07, 6.45) is 1.78. The van der Waals surface area contributed by atoms with Crippen molar-refractivity contribution in [1.82, 2.24) is 4.98 Å². The highest BCUT2D eigenvalue weighted by molar-refractivity contribution is 7.14. The average molecular weight is 287 g/mol. The number of carbonyl (C=O) groups excluding carboxylic acids is 1. The van der Waals surface area contributed by atoms with Crippen molar-refractivity contribution in [2.45, 2.75) is 0 Å². The van der Waals surface area contributed by atoms with Crippen LogP contribution in [0.2, 0.25) is 0 Å². The Balaban J connectivity index is 1.86. The highest BCUT2D eigenvalue weighted by Gasteiger charge is 2.16. The van der Waals surface area contributed by atoms with E-state index in [4.69, 9.17) is 4.74 Å². The summed E-state index contributed by atoms with van der Waals surface area (Å²) in [7, 11) is 0. The van der Waals surface area contributed by atoms with Crippen molar-refractivity contribution in [2.75, 3.05) is 23.8 Å². The number of nitrogens with zero attached hydrogens (tertiary/aromatic N) is 1. The number of carbonyl (C=O) groups is 1. The molecule has 2 aromatic rings. The molecule has 3 rings (SSSR count). The molecule has 2 N–H and O–H groups in total. The quantitative estimate of drug-likeness (QED) is 0.849. The number of hydrogen-bond donors (Lipinski definition) is 2. The third kappa shape index (κ3) is 2.50. The Morgan fingerprint density at radius 1 is 1.55 bits per heavy atom. The van der Waals surface area contributed by atoms with Crippen molar-refractivity contribution in [3.05, 3.63) is 36.2 Å². The van der Waals surface area contributed by atoms with E-state index in [1.54, 1.807) is 6.08 Å². The summed E-state index contributed by atoms with van der Waals surface area (Å²) < 4.78 is 5.33. The number of ether oxygens (including phenoxy) is 1. The zero-order valence-corrected chi connectivity index (χ0v) is 11.5. The fourth-order valence-electron chi connectivity index (χ4n) is 1.89. The highest BCUT2D eigenvalue weighted by atomic mass is 32.1. The summed E-state index contributed by atoms with van der Waals surface area (Å²) in [5.74, 6) is 0.551. The molecule has 0 radical (unpaired) electrons. The molecule has 6 heteroatoms. The van der Waals surface area contributed by atoms with Gasteiger partial charge in [0.2, 0.25) is 0 Å². The second-order valence-electron chi connectivity index (χ2n) is 4.26. The van der Waals surface area contributed by atoms with Gasteiger partial charge >= 0.3 is 0 Å². The summed E-state index contributed by atoms with van der Waals surface area (Å²) >= 11 is 1.53. The number of amides is 1. The lowest BCUT2D eigenvalue weighted by molar-refractivity contribution is -0.118. The molecule has 1 aliphatic heterocycles. The van der Waals surface area contributed by atoms with Crippen molar-refractivity contribution >= 4 is 28.1 Å². The molecule has 1 aromatic heterocycles. The van der Waals surface area contributed by atoms with Crippen molar-refractivity contribution in [1.29, 1.82) is 0 Å². The van der Waals surface area contributed by atoms with Gasteiger partial charge in [0.1, 0.15) is 5.75 Å². The first-order valence-electron chi connectivity index (χ1n) is 6.13. The van der Waals surface area contributed by atoms with E-state index in [1.807, 2.05) is 23.6 Å². The molecule has 2 heterocycles. The van der Waals surface area contributed by atoms with Gasteiger partial charge in [0.15, 0.2) is 11.7 Å². The summed E-state index contributed by atoms with van der Waals surface area (Å²) in [6, 6.07) is 5.65. The maximum Gasteiger partial charge on any atom is 0.262 e. The van der Waals surface area contributed by atoms with Gasteiger partial charge in [-0.25, -0.2) is 4.98 Å². The van der Waals surface area contributed by atoms with E-state index in [0.717, 1.165) is 16.4 Å². The Labute approximate surface area is 120 Å². The van der Waals surface area contributed by atoms with Crippen LogP contribution in [0, 0.1) is 0 Å². The van der Waals surface area contributed by atoms with Crippen LogP contribution in [-0.2, 0) is 4.79 Å². The number of fused-ring (bicyclic) bond motifs is 1. The molecule has 102 valence electrons. The number of thiazole rings is 1. The van der Waals surface area contributed by atoms with Gasteiger partial charge in [0, 0.05) is 17.5 Å². The van der Waals surface area contributed by atoms with Crippen molar-refractivity contribution in [3.63, 3.8) is 0 Å². The van der Waals surface area contributed by atoms with Gasteiger partial charge in [0.25, 0.3) is 5.91 Å². The van der Waals surface area contributed by atoms with Crippen LogP contribution in [-0.4, -0.2) is 24.0 Å². The minimum absolute atomic E-state index is 0.0681. The molecule has 5 nitrogen and oxygen atoms in total. The van der Waals surface area contributed by atoms with E-state index in [9.17, 15) is 4.79 Å². The van der Waals surface area contributed by atoms with Crippen LogP contribution in [0.15, 0.2) is 36.2 Å². The van der Waals surface area contributed by atoms with Gasteiger partial charge in [-0.2, -0.15) is 0 Å². The molecule has 1 amide bonds. The molecule has 1 aliphatic rings. The molecule has 0 spiro atoms. The first-order valence-corrected chi connectivity index (χ1v) is 7.01. The number of aromatic nitrogens is 1. The monoisotopic (exact) mass is 287 g/mol. The normalized spacial score (nSPS) is 13.1. The van der Waals surface area contributed by atoms with Gasteiger partial charge in [-0.3, -0.25) is 4.79 Å². The SMILES string of the molecule is C=CCNc1nc(-c2ccc3c(c2)NC(=O)CO3)cs1. The molecule has 0 aliphatic carbocycles. The van der Waals surface area contributed by atoms with Gasteiger partial charge < -0.3 is 15.4 Å². The molecule has 0 bridgehead atoms. The molecule has 0 saturated carbocycles. The molecule has 20 heavy (non-hydrogen) atoms. The van der Waals surface area contributed by atoms with Crippen LogP contribution in [0.3, 0.4) is 0 Å². The summed E-state index contributed by atoms with van der Waals surface area (Å²) in [5.41, 5.74) is 2.49. The Bertz CT molecular complexity index is 666. The number of nitrogens with one attached hydrogen (secondary N) is 2. The van der Waals surface area contributed by atoms with Gasteiger partial charge in [-0.15, -0.1) is 17.9 Å². The minimum Gasteiger partial charge on any atom is -0.482 e. The first kappa shape index (κ1) is 12.7. The summed E-state index contributed by atoms with van der Waals surface area (Å²) in [6.45, 7) is 4.41. The molecular formula is C14H13N3O2S. The standard InChI is InChI=1S/C14H13N3O2S/c1-2-5-15-14-17-11(8-20-14)9-3-4-12-10(6-9)16-13(18)7-19-12/h2-4,6,8H,1,5,7H2,(H,15,17)(H,16,18). The largest absolute Gasteiger partial charge is 0.482 e. The Morgan fingerprint density at radius 2 is 2.45 bits per heavy atom. The predicted octanol–water partition coefficient (Wildman–Crippen LogP) is 2.74. The fourth-order valence-corrected chi connectivity index (χ4v) is 2.62. The van der Waals surface area contributed by atoms with Crippen molar-refractivity contribution < 1.29 is 9.53 Å². The number of anilines is 2.